The number of aliphatic hydroxyl groups excluding tert-OH is 2. The summed E-state index contributed by atoms with van der Waals surface area (Å²) >= 11 is 0. The van der Waals surface area contributed by atoms with Gasteiger partial charge in [0.15, 0.2) is 0 Å². The summed E-state index contributed by atoms with van der Waals surface area (Å²) < 4.78 is 0. The smallest absolute Gasteiger partial charge is 0.306 e. The number of pyridine rings is 2. The molecule has 6 rings (SSSR count). The van der Waals surface area contributed by atoms with Gasteiger partial charge in [-0.25, -0.2) is 0 Å². The van der Waals surface area contributed by atoms with Crippen LogP contribution in [0.2, 0.25) is 0 Å². The Kier molecular flexibility index (Phi) is 12.9. The molecule has 0 radical (unpaired) electrons. The molecular weight excluding hydrogens is 716 g/mol. The zero-order valence-electron chi connectivity index (χ0n) is 31.5. The number of carbonyl (C=O) groups is 4. The second-order valence-corrected chi connectivity index (χ2v) is 14.7. The van der Waals surface area contributed by atoms with Crippen LogP contribution in [0.5, 0.6) is 0 Å². The Bertz CT molecular complexity index is 1970. The van der Waals surface area contributed by atoms with Crippen molar-refractivity contribution in [1.82, 2.24) is 20.6 Å². The van der Waals surface area contributed by atoms with Gasteiger partial charge in [0, 0.05) is 49.9 Å². The highest BCUT2D eigenvalue weighted by Crippen LogP contribution is 2.43. The fraction of sp³-hybridized carbons (Fsp3) is 0.381. The molecule has 8 N–H and O–H groups in total. The molecule has 2 aliphatic carbocycles. The van der Waals surface area contributed by atoms with Crippen molar-refractivity contribution in [1.29, 1.82) is 0 Å². The molecule has 2 aliphatic rings. The van der Waals surface area contributed by atoms with E-state index in [0.29, 0.717) is 36.3 Å². The van der Waals surface area contributed by atoms with Crippen molar-refractivity contribution in [3.63, 3.8) is 0 Å². The van der Waals surface area contributed by atoms with E-state index < -0.39 is 24.1 Å². The van der Waals surface area contributed by atoms with Gasteiger partial charge in [0.2, 0.25) is 0 Å². The number of nitrogens with zero attached hydrogens (tertiary/aromatic N) is 2. The van der Waals surface area contributed by atoms with E-state index >= 15 is 0 Å². The number of nitrogens with one attached hydrogen (secondary N) is 4. The summed E-state index contributed by atoms with van der Waals surface area (Å²) in [6, 6.07) is 15.0. The lowest BCUT2D eigenvalue weighted by Gasteiger charge is -2.17. The first-order chi connectivity index (χ1) is 26.9. The minimum atomic E-state index is -1.06. The van der Waals surface area contributed by atoms with Crippen LogP contribution in [0.4, 0.5) is 11.4 Å². The Morgan fingerprint density at radius 3 is 1.41 bits per heavy atom. The molecule has 2 aromatic heterocycles. The van der Waals surface area contributed by atoms with Crippen LogP contribution < -0.4 is 21.3 Å². The van der Waals surface area contributed by atoms with E-state index in [1.807, 2.05) is 62.4 Å². The first-order valence-electron chi connectivity index (χ1n) is 18.9. The summed E-state index contributed by atoms with van der Waals surface area (Å²) in [5, 5.41) is 49.8. The molecule has 4 aromatic rings. The Balaban J connectivity index is 1.13. The van der Waals surface area contributed by atoms with Gasteiger partial charge in [0.25, 0.3) is 11.8 Å². The predicted molar refractivity (Wildman–Crippen MR) is 210 cm³/mol. The van der Waals surface area contributed by atoms with Crippen LogP contribution in [0.25, 0.3) is 11.1 Å². The van der Waals surface area contributed by atoms with Gasteiger partial charge >= 0.3 is 11.9 Å². The molecule has 2 heterocycles. The van der Waals surface area contributed by atoms with Gasteiger partial charge in [-0.3, -0.25) is 29.1 Å². The molecular formula is C42H48N6O8. The molecule has 0 saturated heterocycles. The average molecular weight is 765 g/mol. The van der Waals surface area contributed by atoms with E-state index in [1.54, 1.807) is 12.4 Å². The molecule has 2 atom stereocenters. The molecule has 0 bridgehead atoms. The minimum Gasteiger partial charge on any atom is -0.481 e. The summed E-state index contributed by atoms with van der Waals surface area (Å²) in [5.74, 6) is -2.18. The molecule has 14 nitrogen and oxygen atoms in total. The number of carboxylic acid groups (broad SMARTS) is 2. The normalized spacial score (nSPS) is 14.9. The molecule has 2 amide bonds. The number of aromatic nitrogens is 2. The second-order valence-electron chi connectivity index (χ2n) is 14.7. The summed E-state index contributed by atoms with van der Waals surface area (Å²) in [6.07, 6.45) is 4.67. The number of aliphatic carboxylic acids is 2. The summed E-state index contributed by atoms with van der Waals surface area (Å²) in [6.45, 7) is 4.90. The van der Waals surface area contributed by atoms with Crippen LogP contribution in [0.15, 0.2) is 60.9 Å². The lowest BCUT2D eigenvalue weighted by atomic mass is 9.94. The number of benzene rings is 2. The van der Waals surface area contributed by atoms with Crippen molar-refractivity contribution in [2.24, 2.45) is 0 Å². The number of rotatable bonds is 19. The second kappa shape index (κ2) is 17.9. The average Bonchev–Trinajstić information content (AvgIpc) is 4.08. The Hall–Kier alpha value is -5.54. The zero-order chi connectivity index (χ0) is 39.9. The number of carbonyl (C=O) groups excluding carboxylic acids is 2. The van der Waals surface area contributed by atoms with Gasteiger partial charge < -0.3 is 41.7 Å². The molecule has 2 aromatic carbocycles. The SMILES string of the molecule is Cc1c(NC(=O)c2cc(C3CC3)c(CNC[C@@H](O)CC(=O)O)cn2)cccc1-c1cccc(NC(=O)c2cc(C3CC3)c(CNC[C@@H](O)CC(=O)O)cn2)c1C. The number of anilines is 2. The lowest BCUT2D eigenvalue weighted by molar-refractivity contribution is -0.140. The van der Waals surface area contributed by atoms with Gasteiger partial charge in [-0.05, 0) is 120 Å². The molecule has 14 heteroatoms. The molecule has 2 saturated carbocycles. The number of carboxylic acids is 2. The lowest BCUT2D eigenvalue weighted by Crippen LogP contribution is -2.28. The van der Waals surface area contributed by atoms with E-state index in [4.69, 9.17) is 10.2 Å². The topological polar surface area (TPSA) is 223 Å². The van der Waals surface area contributed by atoms with Crippen molar-refractivity contribution in [3.05, 3.63) is 106 Å². The third-order valence-electron chi connectivity index (χ3n) is 10.2. The minimum absolute atomic E-state index is 0.127. The first-order valence-corrected chi connectivity index (χ1v) is 18.9. The third kappa shape index (κ3) is 10.4. The highest BCUT2D eigenvalue weighted by Gasteiger charge is 2.29. The van der Waals surface area contributed by atoms with Crippen molar-refractivity contribution in [3.8, 4) is 11.1 Å². The number of hydrogen-bond donors (Lipinski definition) is 8. The fourth-order valence-corrected chi connectivity index (χ4v) is 6.88. The molecule has 0 spiro atoms. The fourth-order valence-electron chi connectivity index (χ4n) is 6.88. The number of aliphatic hydroxyl groups is 2. The quantitative estimate of drug-likeness (QED) is 0.0641. The third-order valence-corrected chi connectivity index (χ3v) is 10.2. The van der Waals surface area contributed by atoms with Crippen LogP contribution in [-0.2, 0) is 22.7 Å². The Morgan fingerprint density at radius 1 is 0.661 bits per heavy atom. The highest BCUT2D eigenvalue weighted by molar-refractivity contribution is 6.05. The summed E-state index contributed by atoms with van der Waals surface area (Å²) in [5.41, 5.74) is 9.10. The molecule has 294 valence electrons. The maximum Gasteiger partial charge on any atom is 0.306 e. The van der Waals surface area contributed by atoms with Gasteiger partial charge in [-0.1, -0.05) is 24.3 Å². The maximum absolute atomic E-state index is 13.5. The molecule has 0 aliphatic heterocycles. The Morgan fingerprint density at radius 2 is 1.05 bits per heavy atom. The van der Waals surface area contributed by atoms with Crippen LogP contribution >= 0.6 is 0 Å². The maximum atomic E-state index is 13.5. The highest BCUT2D eigenvalue weighted by atomic mass is 16.4. The van der Waals surface area contributed by atoms with E-state index in [2.05, 4.69) is 31.2 Å². The van der Waals surface area contributed by atoms with Gasteiger partial charge in [0.1, 0.15) is 11.4 Å². The molecule has 56 heavy (non-hydrogen) atoms. The summed E-state index contributed by atoms with van der Waals surface area (Å²) in [4.78, 5) is 57.7. The van der Waals surface area contributed by atoms with E-state index in [0.717, 1.165) is 70.2 Å². The predicted octanol–water partition coefficient (Wildman–Crippen LogP) is 4.87. The van der Waals surface area contributed by atoms with Gasteiger partial charge in [-0.2, -0.15) is 0 Å². The monoisotopic (exact) mass is 764 g/mol. The molecule has 0 unspecified atom stereocenters. The van der Waals surface area contributed by atoms with Crippen molar-refractivity contribution >= 4 is 35.1 Å². The van der Waals surface area contributed by atoms with Crippen LogP contribution in [0.3, 0.4) is 0 Å². The van der Waals surface area contributed by atoms with Gasteiger partial charge in [0.05, 0.1) is 25.0 Å². The van der Waals surface area contributed by atoms with Crippen LogP contribution in [0.1, 0.15) is 105 Å². The Labute approximate surface area is 324 Å². The van der Waals surface area contributed by atoms with Crippen molar-refractivity contribution < 1.29 is 39.6 Å². The number of amides is 2. The van der Waals surface area contributed by atoms with E-state index in [-0.39, 0.29) is 49.1 Å². The van der Waals surface area contributed by atoms with E-state index in [9.17, 15) is 29.4 Å². The standard InChI is InChI=1S/C42H48N6O8/c1-23-31(5-3-7-35(23)47-41(55)37-15-33(25-9-10-25)27(19-45-37)17-43-21-29(49)13-39(51)52)32-6-4-8-36(24(32)2)48-42(56)38-16-34(26-11-12-26)28(20-46-38)18-44-22-30(50)14-40(53)54/h3-8,15-16,19-20,25-26,29-30,43-44,49-50H,9-14,17-18,21-22H2,1-2H3,(H,47,55)(H,48,56)(H,51,52)(H,53,54)/t29-,30-/m0/s1. The number of hydrogen-bond acceptors (Lipinski definition) is 10. The summed E-state index contributed by atoms with van der Waals surface area (Å²) in [7, 11) is 0. The van der Waals surface area contributed by atoms with Crippen molar-refractivity contribution in [2.75, 3.05) is 23.7 Å². The van der Waals surface area contributed by atoms with Crippen LogP contribution in [-0.4, -0.2) is 79.4 Å². The zero-order valence-corrected chi connectivity index (χ0v) is 31.5. The first kappa shape index (κ1) is 40.1. The van der Waals surface area contributed by atoms with Crippen molar-refractivity contribution in [2.45, 2.75) is 89.5 Å². The largest absolute Gasteiger partial charge is 0.481 e. The van der Waals surface area contributed by atoms with Gasteiger partial charge in [-0.15, -0.1) is 0 Å². The van der Waals surface area contributed by atoms with Crippen LogP contribution in [0, 0.1) is 13.8 Å². The van der Waals surface area contributed by atoms with E-state index in [1.165, 1.54) is 0 Å². The molecule has 2 fully saturated rings.